The van der Waals surface area contributed by atoms with Crippen LogP contribution < -0.4 is 4.90 Å². The van der Waals surface area contributed by atoms with Gasteiger partial charge in [0, 0.05) is 25.7 Å². The molecule has 112 valence electrons. The maximum atomic E-state index is 14.0. The van der Waals surface area contributed by atoms with Crippen LogP contribution in [-0.4, -0.2) is 43.0 Å². The largest absolute Gasteiger partial charge is 0.341 e. The molecule has 2 unspecified atom stereocenters. The first-order valence-electron chi connectivity index (χ1n) is 7.02. The first-order valence-corrected chi connectivity index (χ1v) is 7.02. The van der Waals surface area contributed by atoms with E-state index in [0.29, 0.717) is 18.7 Å². The molecule has 1 spiro atoms. The number of ether oxygens (including phenoxy) is 1. The number of hydrogen-bond acceptors (Lipinski definition) is 3. The van der Waals surface area contributed by atoms with Gasteiger partial charge in [-0.15, -0.1) is 0 Å². The van der Waals surface area contributed by atoms with Gasteiger partial charge < -0.3 is 14.5 Å². The molecule has 6 heteroatoms. The van der Waals surface area contributed by atoms with Crippen molar-refractivity contribution in [2.75, 3.05) is 25.0 Å². The van der Waals surface area contributed by atoms with Crippen molar-refractivity contribution in [2.45, 2.75) is 25.6 Å². The maximum absolute atomic E-state index is 14.0. The third-order valence-corrected chi connectivity index (χ3v) is 4.26. The van der Waals surface area contributed by atoms with Gasteiger partial charge in [0.15, 0.2) is 6.10 Å². The van der Waals surface area contributed by atoms with Crippen molar-refractivity contribution < 1.29 is 18.7 Å². The van der Waals surface area contributed by atoms with Crippen LogP contribution in [0, 0.1) is 5.82 Å². The molecule has 0 saturated carbocycles. The van der Waals surface area contributed by atoms with E-state index in [-0.39, 0.29) is 17.5 Å². The Hall–Kier alpha value is -1.95. The van der Waals surface area contributed by atoms with Crippen LogP contribution in [0.25, 0.3) is 0 Å². The highest BCUT2D eigenvalue weighted by molar-refractivity contribution is 6.12. The highest BCUT2D eigenvalue weighted by Gasteiger charge is 2.72. The van der Waals surface area contributed by atoms with E-state index in [0.717, 1.165) is 0 Å². The van der Waals surface area contributed by atoms with E-state index in [1.54, 1.807) is 11.0 Å². The molecule has 1 saturated heterocycles. The summed E-state index contributed by atoms with van der Waals surface area (Å²) in [6, 6.07) is 4.48. The average Bonchev–Trinajstić information content (AvgIpc) is 3.18. The molecular weight excluding hydrogens is 275 g/mol. The van der Waals surface area contributed by atoms with Crippen LogP contribution in [0.5, 0.6) is 0 Å². The quantitative estimate of drug-likeness (QED) is 0.788. The van der Waals surface area contributed by atoms with Crippen molar-refractivity contribution in [2.24, 2.45) is 0 Å². The number of carbonyl (C=O) groups excluding carboxylic acids is 2. The van der Waals surface area contributed by atoms with E-state index in [4.69, 9.17) is 4.74 Å². The molecule has 21 heavy (non-hydrogen) atoms. The van der Waals surface area contributed by atoms with Gasteiger partial charge in [-0.1, -0.05) is 12.1 Å². The Labute approximate surface area is 122 Å². The molecule has 0 N–H and O–H groups in total. The monoisotopic (exact) mass is 292 g/mol. The fourth-order valence-electron chi connectivity index (χ4n) is 3.07. The Morgan fingerprint density at radius 2 is 2.10 bits per heavy atom. The lowest BCUT2D eigenvalue weighted by molar-refractivity contribution is -0.132. The number of hydrogen-bond donors (Lipinski definition) is 0. The Morgan fingerprint density at radius 3 is 2.71 bits per heavy atom. The van der Waals surface area contributed by atoms with E-state index in [1.165, 1.54) is 24.1 Å². The molecule has 2 amide bonds. The lowest BCUT2D eigenvalue weighted by Gasteiger charge is -2.17. The number of likely N-dealkylation sites (N-methyl/N-ethyl adjacent to an activating group) is 2. The van der Waals surface area contributed by atoms with E-state index >= 15 is 0 Å². The summed E-state index contributed by atoms with van der Waals surface area (Å²) in [6.45, 7) is 4.83. The fraction of sp³-hybridized carbons (Fsp3) is 0.467. The van der Waals surface area contributed by atoms with Crippen LogP contribution in [0.15, 0.2) is 18.2 Å². The molecule has 2 atom stereocenters. The standard InChI is InChI=1S/C15H17FN2O3/c1-4-18(5-2)13(19)12-15(21-12)9-7-6-8-10(16)11(9)17(3)14(15)20/h6-8,12H,4-5H2,1-3H3. The number of rotatable bonds is 3. The number of para-hydroxylation sites is 1. The summed E-state index contributed by atoms with van der Waals surface area (Å²) in [6.07, 6.45) is -0.851. The highest BCUT2D eigenvalue weighted by Crippen LogP contribution is 2.56. The van der Waals surface area contributed by atoms with Crippen molar-refractivity contribution in [1.29, 1.82) is 0 Å². The molecular formula is C15H17FN2O3. The number of epoxide rings is 1. The Morgan fingerprint density at radius 1 is 1.43 bits per heavy atom. The maximum Gasteiger partial charge on any atom is 0.267 e. The SMILES string of the molecule is CCN(CC)C(=O)C1OC12C(=O)N(C)c1c(F)cccc12. The van der Waals surface area contributed by atoms with Crippen molar-refractivity contribution in [3.8, 4) is 0 Å². The van der Waals surface area contributed by atoms with Crippen LogP contribution in [0.2, 0.25) is 0 Å². The molecule has 1 fully saturated rings. The topological polar surface area (TPSA) is 53.2 Å². The van der Waals surface area contributed by atoms with Gasteiger partial charge in [-0.25, -0.2) is 4.39 Å². The van der Waals surface area contributed by atoms with Gasteiger partial charge in [0.2, 0.25) is 5.60 Å². The third kappa shape index (κ3) is 1.65. The number of anilines is 1. The van der Waals surface area contributed by atoms with Crippen molar-refractivity contribution in [1.82, 2.24) is 4.90 Å². The van der Waals surface area contributed by atoms with Crippen LogP contribution in [0.1, 0.15) is 19.4 Å². The van der Waals surface area contributed by atoms with Gasteiger partial charge in [0.25, 0.3) is 11.8 Å². The van der Waals surface area contributed by atoms with Crippen LogP contribution >= 0.6 is 0 Å². The zero-order valence-corrected chi connectivity index (χ0v) is 12.2. The van der Waals surface area contributed by atoms with Crippen molar-refractivity contribution in [3.63, 3.8) is 0 Å². The summed E-state index contributed by atoms with van der Waals surface area (Å²) in [5.74, 6) is -1.09. The van der Waals surface area contributed by atoms with Crippen LogP contribution in [-0.2, 0) is 19.9 Å². The van der Waals surface area contributed by atoms with Gasteiger partial charge in [-0.2, -0.15) is 0 Å². The molecule has 3 rings (SSSR count). The number of nitrogens with zero attached hydrogens (tertiary/aromatic N) is 2. The molecule has 2 heterocycles. The van der Waals surface area contributed by atoms with Gasteiger partial charge in [0.05, 0.1) is 5.69 Å². The predicted octanol–water partition coefficient (Wildman–Crippen LogP) is 1.26. The zero-order chi connectivity index (χ0) is 15.4. The van der Waals surface area contributed by atoms with Crippen molar-refractivity contribution in [3.05, 3.63) is 29.6 Å². The molecule has 0 aromatic heterocycles. The molecule has 1 aromatic carbocycles. The highest BCUT2D eigenvalue weighted by atomic mass is 19.1. The molecule has 5 nitrogen and oxygen atoms in total. The third-order valence-electron chi connectivity index (χ3n) is 4.26. The number of carbonyl (C=O) groups is 2. The minimum atomic E-state index is -1.33. The average molecular weight is 292 g/mol. The van der Waals surface area contributed by atoms with Crippen LogP contribution in [0.4, 0.5) is 10.1 Å². The normalized spacial score (nSPS) is 26.2. The van der Waals surface area contributed by atoms with Gasteiger partial charge in [-0.3, -0.25) is 9.59 Å². The predicted molar refractivity (Wildman–Crippen MR) is 74.3 cm³/mol. The molecule has 0 radical (unpaired) electrons. The Balaban J connectivity index is 2.01. The summed E-state index contributed by atoms with van der Waals surface area (Å²) in [4.78, 5) is 27.7. The smallest absolute Gasteiger partial charge is 0.267 e. The first kappa shape index (κ1) is 14.0. The number of fused-ring (bicyclic) bond motifs is 2. The summed E-state index contributed by atoms with van der Waals surface area (Å²) < 4.78 is 19.5. The second-order valence-corrected chi connectivity index (χ2v) is 5.24. The molecule has 0 aliphatic carbocycles. The molecule has 0 bridgehead atoms. The number of benzene rings is 1. The fourth-order valence-corrected chi connectivity index (χ4v) is 3.07. The van der Waals surface area contributed by atoms with Gasteiger partial charge in [0.1, 0.15) is 5.82 Å². The number of amides is 2. The lowest BCUT2D eigenvalue weighted by atomic mass is 9.96. The minimum absolute atomic E-state index is 0.206. The second kappa shape index (κ2) is 4.53. The summed E-state index contributed by atoms with van der Waals surface area (Å²) in [5.41, 5.74) is -0.677. The first-order chi connectivity index (χ1) is 9.98. The van der Waals surface area contributed by atoms with Gasteiger partial charge >= 0.3 is 0 Å². The Kier molecular flexibility index (Phi) is 3.02. The van der Waals surface area contributed by atoms with E-state index in [2.05, 4.69) is 0 Å². The van der Waals surface area contributed by atoms with Gasteiger partial charge in [-0.05, 0) is 19.9 Å². The van der Waals surface area contributed by atoms with E-state index < -0.39 is 17.5 Å². The Bertz CT molecular complexity index is 629. The number of halogens is 1. The van der Waals surface area contributed by atoms with E-state index in [1.807, 2.05) is 13.8 Å². The van der Waals surface area contributed by atoms with Crippen molar-refractivity contribution >= 4 is 17.5 Å². The molecule has 2 aliphatic heterocycles. The van der Waals surface area contributed by atoms with Crippen LogP contribution in [0.3, 0.4) is 0 Å². The summed E-state index contributed by atoms with van der Waals surface area (Å²) in [7, 11) is 1.50. The molecule has 2 aliphatic rings. The van der Waals surface area contributed by atoms with E-state index in [9.17, 15) is 14.0 Å². The summed E-state index contributed by atoms with van der Waals surface area (Å²) in [5, 5.41) is 0. The lowest BCUT2D eigenvalue weighted by Crippen LogP contribution is -2.39. The minimum Gasteiger partial charge on any atom is -0.341 e. The molecule has 1 aromatic rings. The zero-order valence-electron chi connectivity index (χ0n) is 12.2. The second-order valence-electron chi connectivity index (χ2n) is 5.24. The summed E-state index contributed by atoms with van der Waals surface area (Å²) >= 11 is 0.